The number of rotatable bonds is 2. The van der Waals surface area contributed by atoms with Gasteiger partial charge in [0.25, 0.3) is 0 Å². The number of allylic oxidation sites excluding steroid dienone is 1. The zero-order chi connectivity index (χ0) is 13.2. The Morgan fingerprint density at radius 3 is 2.44 bits per heavy atom. The number of piperazine rings is 1. The predicted octanol–water partition coefficient (Wildman–Crippen LogP) is 1.46. The highest BCUT2D eigenvalue weighted by atomic mass is 15.5. The first-order chi connectivity index (χ1) is 8.44. The zero-order valence-corrected chi connectivity index (χ0v) is 12.1. The Kier molecular flexibility index (Phi) is 3.85. The Hall–Kier alpha value is -1.16. The molecule has 0 amide bonds. The summed E-state index contributed by atoms with van der Waals surface area (Å²) in [4.78, 5) is 4.85. The van der Waals surface area contributed by atoms with Crippen LogP contribution in [0.1, 0.15) is 20.8 Å². The fraction of sp³-hybridized carbons (Fsp3) is 0.714. The van der Waals surface area contributed by atoms with E-state index < -0.39 is 0 Å². The average Bonchev–Trinajstić information content (AvgIpc) is 2.28. The minimum Gasteiger partial charge on any atom is -0.368 e. The summed E-state index contributed by atoms with van der Waals surface area (Å²) in [7, 11) is 2.19. The van der Waals surface area contributed by atoms with Crippen LogP contribution in [0.15, 0.2) is 24.2 Å². The molecule has 0 aromatic carbocycles. The quantitative estimate of drug-likeness (QED) is 0.801. The minimum atomic E-state index is 0.294. The molecule has 18 heavy (non-hydrogen) atoms. The Bertz CT molecular complexity index is 332. The normalized spacial score (nSPS) is 21.9. The number of nitrogens with zero attached hydrogens (tertiary/aromatic N) is 3. The van der Waals surface area contributed by atoms with E-state index in [9.17, 15) is 0 Å². The van der Waals surface area contributed by atoms with Crippen molar-refractivity contribution in [3.8, 4) is 0 Å². The summed E-state index contributed by atoms with van der Waals surface area (Å²) in [6.45, 7) is 12.3. The minimum absolute atomic E-state index is 0.294. The van der Waals surface area contributed by atoms with Crippen LogP contribution in [-0.4, -0.2) is 54.6 Å². The molecule has 0 atom stereocenters. The van der Waals surface area contributed by atoms with Crippen LogP contribution in [0.4, 0.5) is 0 Å². The lowest BCUT2D eigenvalue weighted by Gasteiger charge is -2.38. The van der Waals surface area contributed by atoms with Gasteiger partial charge in [0, 0.05) is 45.1 Å². The van der Waals surface area contributed by atoms with Gasteiger partial charge in [-0.15, -0.1) is 0 Å². The van der Waals surface area contributed by atoms with E-state index in [-0.39, 0.29) is 0 Å². The molecule has 2 rings (SSSR count). The van der Waals surface area contributed by atoms with Crippen molar-refractivity contribution in [3.05, 3.63) is 24.2 Å². The first kappa shape index (κ1) is 13.3. The molecule has 0 spiro atoms. The van der Waals surface area contributed by atoms with Crippen LogP contribution in [0.25, 0.3) is 0 Å². The number of hydrogen-bond acceptors (Lipinski definition) is 4. The highest BCUT2D eigenvalue weighted by Gasteiger charge is 2.19. The number of hydrazine groups is 1. The summed E-state index contributed by atoms with van der Waals surface area (Å²) in [5.41, 5.74) is 4.91. The molecule has 4 heteroatoms. The predicted molar refractivity (Wildman–Crippen MR) is 75.6 cm³/mol. The summed E-state index contributed by atoms with van der Waals surface area (Å²) in [5.74, 6) is 0. The molecule has 0 radical (unpaired) electrons. The topological polar surface area (TPSA) is 21.8 Å². The van der Waals surface area contributed by atoms with Gasteiger partial charge in [0.05, 0.1) is 5.70 Å². The van der Waals surface area contributed by atoms with E-state index in [1.54, 1.807) is 0 Å². The van der Waals surface area contributed by atoms with E-state index in [0.717, 1.165) is 32.7 Å². The van der Waals surface area contributed by atoms with E-state index in [4.69, 9.17) is 0 Å². The smallest absolute Gasteiger partial charge is 0.0563 e. The van der Waals surface area contributed by atoms with E-state index in [0.29, 0.717) is 5.41 Å². The zero-order valence-electron chi connectivity index (χ0n) is 12.1. The van der Waals surface area contributed by atoms with E-state index in [1.807, 2.05) is 6.20 Å². The average molecular weight is 250 g/mol. The van der Waals surface area contributed by atoms with Crippen molar-refractivity contribution in [1.82, 2.24) is 20.2 Å². The van der Waals surface area contributed by atoms with Crippen LogP contribution in [0.3, 0.4) is 0 Å². The second kappa shape index (κ2) is 5.22. The first-order valence-corrected chi connectivity index (χ1v) is 6.79. The van der Waals surface area contributed by atoms with E-state index >= 15 is 0 Å². The van der Waals surface area contributed by atoms with Gasteiger partial charge in [0.1, 0.15) is 0 Å². The Morgan fingerprint density at radius 2 is 1.83 bits per heavy atom. The molecular weight excluding hydrogens is 224 g/mol. The van der Waals surface area contributed by atoms with Crippen LogP contribution in [0, 0.1) is 5.41 Å². The summed E-state index contributed by atoms with van der Waals surface area (Å²) < 4.78 is 0. The Balaban J connectivity index is 1.97. The third kappa shape index (κ3) is 3.67. The molecule has 102 valence electrons. The van der Waals surface area contributed by atoms with Crippen LogP contribution < -0.4 is 5.43 Å². The van der Waals surface area contributed by atoms with Gasteiger partial charge in [0.15, 0.2) is 0 Å². The maximum Gasteiger partial charge on any atom is 0.0563 e. The molecule has 1 fully saturated rings. The van der Waals surface area contributed by atoms with Crippen molar-refractivity contribution in [2.75, 3.05) is 39.8 Å². The maximum absolute atomic E-state index is 3.29. The number of likely N-dealkylation sites (N-methyl/N-ethyl adjacent to an activating group) is 1. The standard InChI is InChI=1S/C14H26N4/c1-14(2,3)12-18-11-13(5-6-15-18)17-9-7-16(4)8-10-17/h5-6,11,15H,7-10,12H2,1-4H3. The highest BCUT2D eigenvalue weighted by Crippen LogP contribution is 2.18. The van der Waals surface area contributed by atoms with Gasteiger partial charge < -0.3 is 15.2 Å². The molecular formula is C14H26N4. The Morgan fingerprint density at radius 1 is 1.17 bits per heavy atom. The largest absolute Gasteiger partial charge is 0.368 e. The summed E-state index contributed by atoms with van der Waals surface area (Å²) in [6.07, 6.45) is 6.44. The lowest BCUT2D eigenvalue weighted by atomic mass is 9.97. The second-order valence-corrected chi connectivity index (χ2v) is 6.50. The fourth-order valence-electron chi connectivity index (χ4n) is 2.31. The van der Waals surface area contributed by atoms with Crippen molar-refractivity contribution < 1.29 is 0 Å². The lowest BCUT2D eigenvalue weighted by Crippen LogP contribution is -2.45. The first-order valence-electron chi connectivity index (χ1n) is 6.79. The summed E-state index contributed by atoms with van der Waals surface area (Å²) in [5, 5.41) is 2.19. The van der Waals surface area contributed by atoms with Gasteiger partial charge in [-0.05, 0) is 18.5 Å². The molecule has 2 aliphatic heterocycles. The highest BCUT2D eigenvalue weighted by molar-refractivity contribution is 5.20. The number of hydrogen-bond donors (Lipinski definition) is 1. The molecule has 0 aliphatic carbocycles. The molecule has 0 aromatic rings. The van der Waals surface area contributed by atoms with Gasteiger partial charge in [-0.2, -0.15) is 0 Å². The van der Waals surface area contributed by atoms with Crippen LogP contribution in [-0.2, 0) is 0 Å². The molecule has 0 bridgehead atoms. The van der Waals surface area contributed by atoms with Crippen molar-refractivity contribution in [2.45, 2.75) is 20.8 Å². The molecule has 1 saturated heterocycles. The summed E-state index contributed by atoms with van der Waals surface area (Å²) >= 11 is 0. The van der Waals surface area contributed by atoms with Gasteiger partial charge in [0.2, 0.25) is 0 Å². The van der Waals surface area contributed by atoms with E-state index in [2.05, 4.69) is 60.3 Å². The fourth-order valence-corrected chi connectivity index (χ4v) is 2.31. The SMILES string of the molecule is CN1CCN(C2=CN(CC(C)(C)C)NC=C2)CC1. The summed E-state index contributed by atoms with van der Waals surface area (Å²) in [6, 6.07) is 0. The van der Waals surface area contributed by atoms with Crippen LogP contribution >= 0.6 is 0 Å². The Labute approximate surface area is 111 Å². The van der Waals surface area contributed by atoms with Crippen molar-refractivity contribution >= 4 is 0 Å². The molecule has 1 N–H and O–H groups in total. The van der Waals surface area contributed by atoms with Crippen molar-refractivity contribution in [3.63, 3.8) is 0 Å². The maximum atomic E-state index is 3.29. The van der Waals surface area contributed by atoms with Gasteiger partial charge >= 0.3 is 0 Å². The third-order valence-corrected chi connectivity index (χ3v) is 3.30. The van der Waals surface area contributed by atoms with Crippen molar-refractivity contribution in [2.24, 2.45) is 5.41 Å². The van der Waals surface area contributed by atoms with Crippen LogP contribution in [0.5, 0.6) is 0 Å². The van der Waals surface area contributed by atoms with Gasteiger partial charge in [-0.3, -0.25) is 5.01 Å². The molecule has 2 heterocycles. The lowest BCUT2D eigenvalue weighted by molar-refractivity contribution is 0.173. The molecule has 4 nitrogen and oxygen atoms in total. The van der Waals surface area contributed by atoms with Gasteiger partial charge in [-0.25, -0.2) is 0 Å². The molecule has 0 saturated carbocycles. The monoisotopic (exact) mass is 250 g/mol. The van der Waals surface area contributed by atoms with Gasteiger partial charge in [-0.1, -0.05) is 20.8 Å². The van der Waals surface area contributed by atoms with Crippen LogP contribution in [0.2, 0.25) is 0 Å². The second-order valence-electron chi connectivity index (χ2n) is 6.50. The molecule has 0 aromatic heterocycles. The van der Waals surface area contributed by atoms with Crippen molar-refractivity contribution in [1.29, 1.82) is 0 Å². The molecule has 0 unspecified atom stereocenters. The third-order valence-electron chi connectivity index (χ3n) is 3.30. The van der Waals surface area contributed by atoms with E-state index in [1.165, 1.54) is 5.70 Å². The number of nitrogens with one attached hydrogen (secondary N) is 1. The molecule has 2 aliphatic rings.